The topological polar surface area (TPSA) is 133 Å². The molecule has 12 nitrogen and oxygen atoms in total. The number of hydrogen-bond acceptors (Lipinski definition) is 12. The molecule has 6 atom stereocenters. The lowest BCUT2D eigenvalue weighted by Crippen LogP contribution is -2.49. The Morgan fingerprint density at radius 3 is 2.12 bits per heavy atom. The lowest BCUT2D eigenvalue weighted by Gasteiger charge is -2.53. The third-order valence-corrected chi connectivity index (χ3v) is 10.7. The van der Waals surface area contributed by atoms with E-state index in [9.17, 15) is 10.2 Å². The molecule has 0 radical (unpaired) electrons. The Morgan fingerprint density at radius 1 is 0.846 bits per heavy atom. The van der Waals surface area contributed by atoms with E-state index in [0.29, 0.717) is 84.0 Å². The van der Waals surface area contributed by atoms with E-state index in [-0.39, 0.29) is 36.8 Å². The smallest absolute Gasteiger partial charge is 0.332 e. The van der Waals surface area contributed by atoms with Gasteiger partial charge >= 0.3 is 5.97 Å². The summed E-state index contributed by atoms with van der Waals surface area (Å²) in [5.74, 6) is 2.00. The van der Waals surface area contributed by atoms with Crippen LogP contribution in [-0.2, 0) is 53.8 Å². The Balaban J connectivity index is 1.12. The standard InChI is InChI=1S/C40H65NO11/c1-39(2,3)52-37(42)26-49-23-22-48-21-20-47-19-18-46-17-16-45-15-7-8-35(41)33-25-29-24-30(50-27-43-5)9-10-31(29)32-13-14-40(4)34(38(32)33)11-12-36(40)51-28-44-6/h9-10,24,32-34,36,38,41H,7-8,11-23,25-28H2,1-6H3. The minimum Gasteiger partial charge on any atom is -0.468 e. The van der Waals surface area contributed by atoms with Crippen LogP contribution in [0.1, 0.15) is 83.3 Å². The predicted molar refractivity (Wildman–Crippen MR) is 196 cm³/mol. The lowest BCUT2D eigenvalue weighted by atomic mass is 9.51. The number of carbonyl (C=O) groups excluding carboxylic acids is 1. The molecule has 12 heteroatoms. The summed E-state index contributed by atoms with van der Waals surface area (Å²) < 4.78 is 55.5. The van der Waals surface area contributed by atoms with Crippen molar-refractivity contribution in [3.05, 3.63) is 29.3 Å². The maximum atomic E-state index is 11.6. The molecule has 0 saturated heterocycles. The maximum absolute atomic E-state index is 11.6. The van der Waals surface area contributed by atoms with Gasteiger partial charge in [0.15, 0.2) is 6.79 Å². The van der Waals surface area contributed by atoms with Crippen molar-refractivity contribution < 1.29 is 52.2 Å². The molecule has 1 aromatic carbocycles. The molecule has 2 saturated carbocycles. The van der Waals surface area contributed by atoms with E-state index < -0.39 is 5.60 Å². The highest BCUT2D eigenvalue weighted by molar-refractivity contribution is 5.85. The highest BCUT2D eigenvalue weighted by Gasteiger charge is 2.58. The SMILES string of the molecule is COCOc1ccc2c(c1)CC(C(=N)CCCOCCOCCOCCOCCOCC(=O)OC(C)(C)C)C1C2CCC2(C)C(OCOC)CCC12. The summed E-state index contributed by atoms with van der Waals surface area (Å²) in [5.41, 5.74) is 3.16. The first-order valence-corrected chi connectivity index (χ1v) is 19.1. The van der Waals surface area contributed by atoms with Gasteiger partial charge < -0.3 is 52.8 Å². The van der Waals surface area contributed by atoms with Crippen molar-refractivity contribution in [1.82, 2.24) is 0 Å². The second-order valence-corrected chi connectivity index (χ2v) is 15.4. The number of ether oxygens (including phenoxy) is 10. The van der Waals surface area contributed by atoms with Crippen LogP contribution >= 0.6 is 0 Å². The van der Waals surface area contributed by atoms with Gasteiger partial charge in [-0.1, -0.05) is 13.0 Å². The van der Waals surface area contributed by atoms with E-state index in [2.05, 4.69) is 25.1 Å². The summed E-state index contributed by atoms with van der Waals surface area (Å²) in [6, 6.07) is 6.52. The highest BCUT2D eigenvalue weighted by Crippen LogP contribution is 2.63. The zero-order chi connectivity index (χ0) is 37.4. The first-order valence-electron chi connectivity index (χ1n) is 19.1. The summed E-state index contributed by atoms with van der Waals surface area (Å²) in [5, 5.41) is 9.38. The number of nitrogens with one attached hydrogen (secondary N) is 1. The van der Waals surface area contributed by atoms with Gasteiger partial charge in [0.1, 0.15) is 24.8 Å². The van der Waals surface area contributed by atoms with Gasteiger partial charge in [0.2, 0.25) is 0 Å². The van der Waals surface area contributed by atoms with Crippen LogP contribution in [0.15, 0.2) is 18.2 Å². The Hall–Kier alpha value is -2.16. The third kappa shape index (κ3) is 12.7. The van der Waals surface area contributed by atoms with Crippen LogP contribution < -0.4 is 4.74 Å². The summed E-state index contributed by atoms with van der Waals surface area (Å²) >= 11 is 0. The molecule has 1 aromatic rings. The Kier molecular flexibility index (Phi) is 17.7. The number of hydrogen-bond donors (Lipinski definition) is 1. The van der Waals surface area contributed by atoms with Gasteiger partial charge in [-0.25, -0.2) is 4.79 Å². The largest absolute Gasteiger partial charge is 0.468 e. The van der Waals surface area contributed by atoms with Crippen LogP contribution in [0.5, 0.6) is 5.75 Å². The van der Waals surface area contributed by atoms with Crippen molar-refractivity contribution in [2.45, 2.75) is 90.3 Å². The maximum Gasteiger partial charge on any atom is 0.332 e. The summed E-state index contributed by atoms with van der Waals surface area (Å²) in [7, 11) is 3.33. The fraction of sp³-hybridized carbons (Fsp3) is 0.800. The first kappa shape index (κ1) is 42.6. The predicted octanol–water partition coefficient (Wildman–Crippen LogP) is 5.97. The number of fused-ring (bicyclic) bond motifs is 5. The fourth-order valence-corrected chi connectivity index (χ4v) is 8.52. The Bertz CT molecular complexity index is 1220. The molecule has 0 heterocycles. The van der Waals surface area contributed by atoms with E-state index in [1.165, 1.54) is 11.1 Å². The van der Waals surface area contributed by atoms with Crippen LogP contribution in [-0.4, -0.2) is 117 Å². The molecule has 0 amide bonds. The minimum atomic E-state index is -0.516. The van der Waals surface area contributed by atoms with Gasteiger partial charge in [-0.15, -0.1) is 0 Å². The van der Waals surface area contributed by atoms with Gasteiger partial charge in [-0.2, -0.15) is 0 Å². The molecule has 0 bridgehead atoms. The van der Waals surface area contributed by atoms with Crippen LogP contribution in [0.2, 0.25) is 0 Å². The van der Waals surface area contributed by atoms with Crippen LogP contribution in [0.3, 0.4) is 0 Å². The van der Waals surface area contributed by atoms with E-state index in [1.807, 2.05) is 20.8 Å². The molecule has 1 N–H and O–H groups in total. The monoisotopic (exact) mass is 735 g/mol. The van der Waals surface area contributed by atoms with Crippen LogP contribution in [0, 0.1) is 28.6 Å². The molecular weight excluding hydrogens is 670 g/mol. The van der Waals surface area contributed by atoms with Crippen molar-refractivity contribution >= 4 is 11.7 Å². The molecule has 4 rings (SSSR count). The van der Waals surface area contributed by atoms with Crippen molar-refractivity contribution in [2.75, 3.05) is 93.9 Å². The second-order valence-electron chi connectivity index (χ2n) is 15.4. The Morgan fingerprint density at radius 2 is 1.48 bits per heavy atom. The van der Waals surface area contributed by atoms with Crippen LogP contribution in [0.25, 0.3) is 0 Å². The lowest BCUT2D eigenvalue weighted by molar-refractivity contribution is -0.160. The van der Waals surface area contributed by atoms with E-state index in [1.54, 1.807) is 14.2 Å². The van der Waals surface area contributed by atoms with Gasteiger partial charge in [-0.3, -0.25) is 0 Å². The summed E-state index contributed by atoms with van der Waals surface area (Å²) in [4.78, 5) is 11.6. The van der Waals surface area contributed by atoms with Crippen molar-refractivity contribution in [3.63, 3.8) is 0 Å². The summed E-state index contributed by atoms with van der Waals surface area (Å²) in [6.45, 7) is 12.5. The summed E-state index contributed by atoms with van der Waals surface area (Å²) in [6.07, 6.45) is 7.02. The molecular formula is C40H65NO11. The fourth-order valence-electron chi connectivity index (χ4n) is 8.52. The second kappa shape index (κ2) is 21.7. The van der Waals surface area contributed by atoms with E-state index >= 15 is 0 Å². The molecule has 0 aliphatic heterocycles. The number of benzene rings is 1. The number of esters is 1. The molecule has 2 fully saturated rings. The minimum absolute atomic E-state index is 0.0842. The molecule has 296 valence electrons. The van der Waals surface area contributed by atoms with Gasteiger partial charge in [-0.05, 0) is 112 Å². The van der Waals surface area contributed by atoms with Gasteiger partial charge in [0.05, 0.1) is 59.0 Å². The first-order chi connectivity index (χ1) is 25.1. The average molecular weight is 736 g/mol. The molecule has 3 aliphatic rings. The molecule has 6 unspecified atom stereocenters. The normalized spacial score (nSPS) is 25.3. The average Bonchev–Trinajstić information content (AvgIpc) is 3.45. The van der Waals surface area contributed by atoms with Crippen molar-refractivity contribution in [2.24, 2.45) is 23.2 Å². The highest BCUT2D eigenvalue weighted by atomic mass is 16.7. The zero-order valence-electron chi connectivity index (χ0n) is 32.5. The molecule has 0 spiro atoms. The van der Waals surface area contributed by atoms with E-state index in [4.69, 9.17) is 47.4 Å². The number of methoxy groups -OCH3 is 2. The van der Waals surface area contributed by atoms with Crippen LogP contribution in [0.4, 0.5) is 0 Å². The van der Waals surface area contributed by atoms with E-state index in [0.717, 1.165) is 56.4 Å². The van der Waals surface area contributed by atoms with Gasteiger partial charge in [0, 0.05) is 32.5 Å². The van der Waals surface area contributed by atoms with Crippen molar-refractivity contribution in [3.8, 4) is 5.75 Å². The van der Waals surface area contributed by atoms with Gasteiger partial charge in [0.25, 0.3) is 0 Å². The third-order valence-electron chi connectivity index (χ3n) is 10.7. The quantitative estimate of drug-likeness (QED) is 0.0552. The molecule has 0 aromatic heterocycles. The number of rotatable bonds is 25. The number of carbonyl (C=O) groups is 1. The molecule has 3 aliphatic carbocycles. The zero-order valence-corrected chi connectivity index (χ0v) is 32.5. The Labute approximate surface area is 311 Å². The molecule has 52 heavy (non-hydrogen) atoms. The van der Waals surface area contributed by atoms with Crippen molar-refractivity contribution in [1.29, 1.82) is 5.41 Å².